The largest absolute Gasteiger partial charge is 0.468 e. The fraction of sp³-hybridized carbons (Fsp3) is 0.562. The molecule has 2 aromatic heterocycles. The van der Waals surface area contributed by atoms with E-state index < -0.39 is 24.6 Å². The fourth-order valence-corrected chi connectivity index (χ4v) is 2.20. The van der Waals surface area contributed by atoms with Gasteiger partial charge in [0.15, 0.2) is 6.61 Å². The molecule has 0 spiro atoms. The minimum atomic E-state index is -5.72. The third-order valence-corrected chi connectivity index (χ3v) is 4.37. The van der Waals surface area contributed by atoms with E-state index >= 15 is 0 Å². The van der Waals surface area contributed by atoms with Crippen molar-refractivity contribution in [3.05, 3.63) is 25.0 Å². The number of alkyl halides is 5. The van der Waals surface area contributed by atoms with E-state index in [0.717, 1.165) is 0 Å². The van der Waals surface area contributed by atoms with Crippen LogP contribution >= 0.6 is 0 Å². The average Bonchev–Trinajstić information content (AvgIpc) is 3.00. The second-order valence-electron chi connectivity index (χ2n) is 6.31. The second-order valence-corrected chi connectivity index (χ2v) is 6.31. The standard InChI is InChI=1S/C16H20F5N5O/c1-5-9(2)10(3)11(4)23-14-24-12-13(22-6-7-26(12)25-14)27-8-15(17,18)16(19,20)21/h5-7,9-11H,1,8H2,2-4H3,(H,23,25)/t9-,10?,11?/m1/s1. The van der Waals surface area contributed by atoms with Crippen molar-refractivity contribution in [1.29, 1.82) is 0 Å². The van der Waals surface area contributed by atoms with E-state index in [1.807, 2.05) is 26.8 Å². The SMILES string of the molecule is C=C[C@@H](C)C(C)C(C)Nc1nc2c(OCC(F)(F)C(F)(F)F)nccn2n1. The van der Waals surface area contributed by atoms with Gasteiger partial charge < -0.3 is 10.1 Å². The maximum atomic E-state index is 13.1. The lowest BCUT2D eigenvalue weighted by Gasteiger charge is -2.24. The number of fused-ring (bicyclic) bond motifs is 1. The Kier molecular flexibility index (Phi) is 5.91. The number of hydrogen-bond donors (Lipinski definition) is 1. The van der Waals surface area contributed by atoms with E-state index in [0.29, 0.717) is 0 Å². The summed E-state index contributed by atoms with van der Waals surface area (Å²) in [6.07, 6.45) is -1.36. The molecule has 0 saturated carbocycles. The van der Waals surface area contributed by atoms with Gasteiger partial charge in [-0.2, -0.15) is 26.9 Å². The van der Waals surface area contributed by atoms with E-state index in [1.165, 1.54) is 16.9 Å². The van der Waals surface area contributed by atoms with Crippen LogP contribution in [0.5, 0.6) is 5.88 Å². The zero-order chi connectivity index (χ0) is 20.4. The van der Waals surface area contributed by atoms with E-state index in [-0.39, 0.29) is 29.5 Å². The Hall–Kier alpha value is -2.46. The fourth-order valence-electron chi connectivity index (χ4n) is 2.20. The molecule has 0 amide bonds. The van der Waals surface area contributed by atoms with Crippen molar-refractivity contribution in [2.24, 2.45) is 11.8 Å². The van der Waals surface area contributed by atoms with E-state index in [9.17, 15) is 22.0 Å². The molecule has 0 aliphatic carbocycles. The van der Waals surface area contributed by atoms with Gasteiger partial charge in [0.05, 0.1) is 0 Å². The molecular formula is C16H20F5N5O. The number of allylic oxidation sites excluding steroid dienone is 1. The van der Waals surface area contributed by atoms with Crippen LogP contribution in [0.15, 0.2) is 25.0 Å². The van der Waals surface area contributed by atoms with Gasteiger partial charge in [-0.05, 0) is 18.8 Å². The summed E-state index contributed by atoms with van der Waals surface area (Å²) in [5.41, 5.74) is -0.0744. The van der Waals surface area contributed by atoms with Crippen LogP contribution in [0.3, 0.4) is 0 Å². The molecule has 27 heavy (non-hydrogen) atoms. The molecule has 0 saturated heterocycles. The van der Waals surface area contributed by atoms with Crippen molar-refractivity contribution >= 4 is 11.6 Å². The highest BCUT2D eigenvalue weighted by atomic mass is 19.4. The lowest BCUT2D eigenvalue weighted by atomic mass is 9.90. The van der Waals surface area contributed by atoms with Crippen molar-refractivity contribution in [2.75, 3.05) is 11.9 Å². The number of nitrogens with zero attached hydrogens (tertiary/aromatic N) is 4. The number of aromatic nitrogens is 4. The van der Waals surface area contributed by atoms with Crippen LogP contribution in [0.1, 0.15) is 20.8 Å². The summed E-state index contributed by atoms with van der Waals surface area (Å²) >= 11 is 0. The Balaban J connectivity index is 2.18. The van der Waals surface area contributed by atoms with Gasteiger partial charge in [-0.1, -0.05) is 19.9 Å². The normalized spacial score (nSPS) is 16.0. The Morgan fingerprint density at radius 3 is 2.52 bits per heavy atom. The third-order valence-electron chi connectivity index (χ3n) is 4.37. The number of hydrogen-bond acceptors (Lipinski definition) is 5. The van der Waals surface area contributed by atoms with E-state index in [2.05, 4.69) is 31.7 Å². The smallest absolute Gasteiger partial charge is 0.456 e. The van der Waals surface area contributed by atoms with E-state index in [1.54, 1.807) is 0 Å². The zero-order valence-corrected chi connectivity index (χ0v) is 15.0. The molecule has 2 unspecified atom stereocenters. The van der Waals surface area contributed by atoms with Crippen LogP contribution in [-0.2, 0) is 0 Å². The maximum Gasteiger partial charge on any atom is 0.456 e. The third kappa shape index (κ3) is 4.64. The van der Waals surface area contributed by atoms with Gasteiger partial charge in [-0.3, -0.25) is 0 Å². The number of anilines is 1. The molecule has 1 N–H and O–H groups in total. The molecule has 2 aromatic rings. The summed E-state index contributed by atoms with van der Waals surface area (Å²) in [6.45, 7) is 7.77. The molecule has 0 aromatic carbocycles. The first kappa shape index (κ1) is 20.8. The van der Waals surface area contributed by atoms with Crippen molar-refractivity contribution in [3.63, 3.8) is 0 Å². The van der Waals surface area contributed by atoms with Gasteiger partial charge in [0.25, 0.3) is 5.88 Å². The second kappa shape index (κ2) is 7.65. The quantitative estimate of drug-likeness (QED) is 0.543. The number of ether oxygens (including phenoxy) is 1. The molecule has 2 rings (SSSR count). The predicted octanol–water partition coefficient (Wildman–Crippen LogP) is 3.96. The van der Waals surface area contributed by atoms with Gasteiger partial charge in [0, 0.05) is 18.4 Å². The summed E-state index contributed by atoms with van der Waals surface area (Å²) in [7, 11) is 0. The molecule has 0 bridgehead atoms. The highest BCUT2D eigenvalue weighted by Gasteiger charge is 2.58. The van der Waals surface area contributed by atoms with Crippen LogP contribution in [0.4, 0.5) is 27.9 Å². The van der Waals surface area contributed by atoms with Crippen LogP contribution in [-0.4, -0.2) is 44.3 Å². The number of nitrogens with one attached hydrogen (secondary N) is 1. The van der Waals surface area contributed by atoms with Gasteiger partial charge in [-0.25, -0.2) is 9.50 Å². The monoisotopic (exact) mass is 393 g/mol. The minimum absolute atomic E-state index is 0.0534. The van der Waals surface area contributed by atoms with Gasteiger partial charge in [0.2, 0.25) is 11.6 Å². The summed E-state index contributed by atoms with van der Waals surface area (Å²) in [4.78, 5) is 7.76. The molecular weight excluding hydrogens is 373 g/mol. The van der Waals surface area contributed by atoms with Crippen molar-refractivity contribution < 1.29 is 26.7 Å². The molecule has 0 aliphatic heterocycles. The molecule has 2 heterocycles. The Morgan fingerprint density at radius 2 is 1.93 bits per heavy atom. The predicted molar refractivity (Wildman–Crippen MR) is 88.9 cm³/mol. The summed E-state index contributed by atoms with van der Waals surface area (Å²) in [5.74, 6) is -4.90. The molecule has 6 nitrogen and oxygen atoms in total. The average molecular weight is 393 g/mol. The number of rotatable bonds is 8. The van der Waals surface area contributed by atoms with Crippen LogP contribution in [0, 0.1) is 11.8 Å². The van der Waals surface area contributed by atoms with E-state index in [4.69, 9.17) is 0 Å². The van der Waals surface area contributed by atoms with Gasteiger partial charge in [-0.15, -0.1) is 11.7 Å². The van der Waals surface area contributed by atoms with Gasteiger partial charge >= 0.3 is 12.1 Å². The minimum Gasteiger partial charge on any atom is -0.468 e. The van der Waals surface area contributed by atoms with Crippen LogP contribution in [0.2, 0.25) is 0 Å². The van der Waals surface area contributed by atoms with Gasteiger partial charge in [0.1, 0.15) is 0 Å². The highest BCUT2D eigenvalue weighted by molar-refractivity contribution is 5.51. The highest BCUT2D eigenvalue weighted by Crippen LogP contribution is 2.35. The molecule has 0 radical (unpaired) electrons. The lowest BCUT2D eigenvalue weighted by Crippen LogP contribution is -2.41. The molecule has 3 atom stereocenters. The number of halogens is 5. The summed E-state index contributed by atoms with van der Waals surface area (Å²) < 4.78 is 68.7. The summed E-state index contributed by atoms with van der Waals surface area (Å²) in [6, 6.07) is -0.0534. The zero-order valence-electron chi connectivity index (χ0n) is 15.0. The van der Waals surface area contributed by atoms with Crippen molar-refractivity contribution in [2.45, 2.75) is 38.9 Å². The van der Waals surface area contributed by atoms with Crippen molar-refractivity contribution in [1.82, 2.24) is 19.6 Å². The molecule has 150 valence electrons. The lowest BCUT2D eigenvalue weighted by molar-refractivity contribution is -0.290. The Labute approximate surface area is 152 Å². The molecule has 0 aliphatic rings. The Bertz CT molecular complexity index is 791. The first-order valence-corrected chi connectivity index (χ1v) is 8.14. The molecule has 11 heteroatoms. The topological polar surface area (TPSA) is 64.3 Å². The molecule has 0 fully saturated rings. The summed E-state index contributed by atoms with van der Waals surface area (Å²) in [5, 5.41) is 7.18. The Morgan fingerprint density at radius 1 is 1.26 bits per heavy atom. The van der Waals surface area contributed by atoms with Crippen molar-refractivity contribution in [3.8, 4) is 5.88 Å². The first-order valence-electron chi connectivity index (χ1n) is 8.14. The van der Waals surface area contributed by atoms with Crippen LogP contribution in [0.25, 0.3) is 5.65 Å². The maximum absolute atomic E-state index is 13.1. The van der Waals surface area contributed by atoms with Crippen LogP contribution < -0.4 is 10.1 Å². The first-order chi connectivity index (χ1) is 12.5.